The van der Waals surface area contributed by atoms with Crippen molar-refractivity contribution in [3.05, 3.63) is 46.8 Å². The zero-order valence-electron chi connectivity index (χ0n) is 14.2. The second-order valence-corrected chi connectivity index (χ2v) is 7.53. The zero-order chi connectivity index (χ0) is 15.9. The van der Waals surface area contributed by atoms with E-state index in [0.29, 0.717) is 6.04 Å². The van der Waals surface area contributed by atoms with E-state index in [-0.39, 0.29) is 0 Å². The molecular weight excluding hydrogens is 298 g/mol. The maximum Gasteiger partial charge on any atom is 0.128 e. The molecule has 1 saturated heterocycles. The van der Waals surface area contributed by atoms with Crippen LogP contribution in [0.3, 0.4) is 0 Å². The number of hydrogen-bond acceptors (Lipinski definition) is 4. The van der Waals surface area contributed by atoms with E-state index >= 15 is 0 Å². The Labute approximate surface area is 143 Å². The number of fused-ring (bicyclic) bond motifs is 2. The van der Waals surface area contributed by atoms with E-state index in [9.17, 15) is 0 Å². The van der Waals surface area contributed by atoms with Gasteiger partial charge in [0.05, 0.1) is 5.69 Å². The van der Waals surface area contributed by atoms with Gasteiger partial charge in [0, 0.05) is 49.9 Å². The minimum Gasteiger partial charge on any atom is -0.371 e. The fraction of sp³-hybridized carbons (Fsp3) is 0.550. The van der Waals surface area contributed by atoms with Gasteiger partial charge >= 0.3 is 0 Å². The molecule has 1 fully saturated rings. The van der Waals surface area contributed by atoms with Crippen LogP contribution < -0.4 is 4.90 Å². The third-order valence-corrected chi connectivity index (χ3v) is 6.17. The van der Waals surface area contributed by atoms with E-state index in [0.717, 1.165) is 19.5 Å². The number of nitrogens with zero attached hydrogens (tertiary/aromatic N) is 3. The largest absolute Gasteiger partial charge is 0.371 e. The molecule has 4 heteroatoms. The van der Waals surface area contributed by atoms with Crippen molar-refractivity contribution in [1.29, 1.82) is 0 Å². The van der Waals surface area contributed by atoms with Crippen LogP contribution >= 0.6 is 0 Å². The van der Waals surface area contributed by atoms with Crippen LogP contribution in [0, 0.1) is 0 Å². The molecule has 0 unspecified atom stereocenters. The summed E-state index contributed by atoms with van der Waals surface area (Å²) in [5, 5.41) is 4.11. The van der Waals surface area contributed by atoms with Crippen LogP contribution in [0.1, 0.15) is 41.6 Å². The quantitative estimate of drug-likeness (QED) is 0.850. The summed E-state index contributed by atoms with van der Waals surface area (Å²) in [4.78, 5) is 5.23. The Bertz CT molecular complexity index is 730. The molecule has 0 amide bonds. The summed E-state index contributed by atoms with van der Waals surface area (Å²) in [5.74, 6) is 0. The Balaban J connectivity index is 1.23. The monoisotopic (exact) mass is 323 g/mol. The molecule has 0 spiro atoms. The Kier molecular flexibility index (Phi) is 3.58. The predicted octanol–water partition coefficient (Wildman–Crippen LogP) is 3.19. The molecule has 0 N–H and O–H groups in total. The zero-order valence-corrected chi connectivity index (χ0v) is 14.2. The SMILES string of the molecule is c1cc2c(cc1N1CCC(N3CCc4nocc4C3)CC1)CCC2. The number of piperidine rings is 1. The molecule has 2 aromatic rings. The lowest BCUT2D eigenvalue weighted by molar-refractivity contribution is 0.153. The summed E-state index contributed by atoms with van der Waals surface area (Å²) < 4.78 is 5.13. The molecule has 3 heterocycles. The van der Waals surface area contributed by atoms with Crippen LogP contribution in [0.4, 0.5) is 5.69 Å². The second-order valence-electron chi connectivity index (χ2n) is 7.53. The van der Waals surface area contributed by atoms with Gasteiger partial charge in [0.15, 0.2) is 0 Å². The molecule has 126 valence electrons. The minimum absolute atomic E-state index is 0.707. The molecular formula is C20H25N3O. The maximum atomic E-state index is 5.13. The fourth-order valence-electron chi connectivity index (χ4n) is 4.72. The number of rotatable bonds is 2. The van der Waals surface area contributed by atoms with Gasteiger partial charge in [0.25, 0.3) is 0 Å². The Morgan fingerprint density at radius 1 is 0.958 bits per heavy atom. The van der Waals surface area contributed by atoms with Gasteiger partial charge in [-0.25, -0.2) is 0 Å². The van der Waals surface area contributed by atoms with E-state index in [4.69, 9.17) is 4.52 Å². The van der Waals surface area contributed by atoms with Gasteiger partial charge in [0.2, 0.25) is 0 Å². The summed E-state index contributed by atoms with van der Waals surface area (Å²) in [5.41, 5.74) is 7.07. The highest BCUT2D eigenvalue weighted by atomic mass is 16.5. The Morgan fingerprint density at radius 3 is 2.75 bits per heavy atom. The highest BCUT2D eigenvalue weighted by molar-refractivity contribution is 5.52. The summed E-state index contributed by atoms with van der Waals surface area (Å²) in [6.07, 6.45) is 9.28. The van der Waals surface area contributed by atoms with Crippen molar-refractivity contribution in [2.24, 2.45) is 0 Å². The molecule has 3 aliphatic rings. The summed E-state index contributed by atoms with van der Waals surface area (Å²) >= 11 is 0. The Morgan fingerprint density at radius 2 is 1.83 bits per heavy atom. The lowest BCUT2D eigenvalue weighted by Gasteiger charge is -2.40. The van der Waals surface area contributed by atoms with Crippen LogP contribution in [-0.4, -0.2) is 35.7 Å². The first-order valence-electron chi connectivity index (χ1n) is 9.40. The van der Waals surface area contributed by atoms with Crippen LogP contribution in [0.15, 0.2) is 29.0 Å². The normalized spacial score (nSPS) is 21.8. The van der Waals surface area contributed by atoms with Crippen molar-refractivity contribution >= 4 is 5.69 Å². The van der Waals surface area contributed by atoms with Crippen molar-refractivity contribution in [2.45, 2.75) is 51.1 Å². The van der Waals surface area contributed by atoms with Crippen molar-refractivity contribution in [1.82, 2.24) is 10.1 Å². The summed E-state index contributed by atoms with van der Waals surface area (Å²) in [6.45, 7) is 4.50. The second kappa shape index (κ2) is 5.92. The molecule has 0 saturated carbocycles. The molecule has 24 heavy (non-hydrogen) atoms. The number of aryl methyl sites for hydroxylation is 2. The smallest absolute Gasteiger partial charge is 0.128 e. The molecule has 1 aromatic carbocycles. The van der Waals surface area contributed by atoms with E-state index in [2.05, 4.69) is 33.2 Å². The molecule has 0 atom stereocenters. The van der Waals surface area contributed by atoms with Crippen molar-refractivity contribution < 1.29 is 4.52 Å². The standard InChI is InChI=1S/C20H25N3O/c1-2-15-4-5-19(12-16(15)3-1)22-9-6-18(7-10-22)23-11-8-20-17(13-23)14-24-21-20/h4-5,12,14,18H,1-3,6-11,13H2. The van der Waals surface area contributed by atoms with Crippen molar-refractivity contribution in [3.8, 4) is 0 Å². The highest BCUT2D eigenvalue weighted by Crippen LogP contribution is 2.30. The van der Waals surface area contributed by atoms with Gasteiger partial charge in [-0.1, -0.05) is 11.2 Å². The lowest BCUT2D eigenvalue weighted by atomic mass is 9.98. The third kappa shape index (κ3) is 2.53. The fourth-order valence-corrected chi connectivity index (χ4v) is 4.72. The van der Waals surface area contributed by atoms with Crippen molar-refractivity contribution in [3.63, 3.8) is 0 Å². The average molecular weight is 323 g/mol. The third-order valence-electron chi connectivity index (χ3n) is 6.17. The number of anilines is 1. The van der Waals surface area contributed by atoms with E-state index in [1.807, 2.05) is 6.26 Å². The Hall–Kier alpha value is -1.81. The van der Waals surface area contributed by atoms with E-state index in [1.165, 1.54) is 62.1 Å². The number of hydrogen-bond donors (Lipinski definition) is 0. The lowest BCUT2D eigenvalue weighted by Crippen LogP contribution is -2.46. The van der Waals surface area contributed by atoms with Gasteiger partial charge < -0.3 is 9.42 Å². The van der Waals surface area contributed by atoms with Gasteiger partial charge in [-0.3, -0.25) is 4.90 Å². The van der Waals surface area contributed by atoms with Gasteiger partial charge in [-0.15, -0.1) is 0 Å². The molecule has 2 aliphatic heterocycles. The summed E-state index contributed by atoms with van der Waals surface area (Å²) in [7, 11) is 0. The predicted molar refractivity (Wildman–Crippen MR) is 94.3 cm³/mol. The first kappa shape index (κ1) is 14.5. The molecule has 4 nitrogen and oxygen atoms in total. The first-order chi connectivity index (χ1) is 11.9. The van der Waals surface area contributed by atoms with Crippen molar-refractivity contribution in [2.75, 3.05) is 24.5 Å². The average Bonchev–Trinajstić information content (AvgIpc) is 3.29. The van der Waals surface area contributed by atoms with Gasteiger partial charge in [-0.05, 0) is 55.4 Å². The van der Waals surface area contributed by atoms with Gasteiger partial charge in [-0.2, -0.15) is 0 Å². The number of aromatic nitrogens is 1. The maximum absolute atomic E-state index is 5.13. The van der Waals surface area contributed by atoms with Crippen LogP contribution in [0.5, 0.6) is 0 Å². The van der Waals surface area contributed by atoms with E-state index in [1.54, 1.807) is 11.1 Å². The minimum atomic E-state index is 0.707. The molecule has 0 bridgehead atoms. The van der Waals surface area contributed by atoms with Crippen LogP contribution in [0.2, 0.25) is 0 Å². The molecule has 0 radical (unpaired) electrons. The topological polar surface area (TPSA) is 32.5 Å². The highest BCUT2D eigenvalue weighted by Gasteiger charge is 2.29. The van der Waals surface area contributed by atoms with E-state index < -0.39 is 0 Å². The van der Waals surface area contributed by atoms with Crippen LogP contribution in [0.25, 0.3) is 0 Å². The van der Waals surface area contributed by atoms with Crippen LogP contribution in [-0.2, 0) is 25.8 Å². The van der Waals surface area contributed by atoms with Gasteiger partial charge in [0.1, 0.15) is 6.26 Å². The first-order valence-corrected chi connectivity index (χ1v) is 9.40. The number of benzene rings is 1. The molecule has 1 aromatic heterocycles. The summed E-state index contributed by atoms with van der Waals surface area (Å²) in [6, 6.07) is 7.86. The molecule has 1 aliphatic carbocycles. The molecule has 5 rings (SSSR count).